The maximum absolute atomic E-state index is 11.8. The van der Waals surface area contributed by atoms with Crippen LogP contribution in [0.15, 0.2) is 29.8 Å². The van der Waals surface area contributed by atoms with Crippen LogP contribution in [0.4, 0.5) is 5.69 Å². The van der Waals surface area contributed by atoms with Crippen LogP contribution in [0.5, 0.6) is 0 Å². The number of anilines is 1. The predicted octanol–water partition coefficient (Wildman–Crippen LogP) is 2.04. The van der Waals surface area contributed by atoms with E-state index in [1.54, 1.807) is 0 Å². The molecule has 0 spiro atoms. The number of carbonyl (C=O) groups is 1. The maximum Gasteiger partial charge on any atom is 0.161 e. The number of rotatable bonds is 2. The SMILES string of the molecule is CN1CCC(=O)/C(=C/c2ccc(N(C)C)cc2)C1. The van der Waals surface area contributed by atoms with Gasteiger partial charge in [0.2, 0.25) is 0 Å². The van der Waals surface area contributed by atoms with E-state index in [1.807, 2.05) is 20.2 Å². The van der Waals surface area contributed by atoms with E-state index in [0.717, 1.165) is 24.2 Å². The lowest BCUT2D eigenvalue weighted by Crippen LogP contribution is -2.32. The van der Waals surface area contributed by atoms with Crippen LogP contribution in [-0.2, 0) is 4.79 Å². The van der Waals surface area contributed by atoms with Crippen LogP contribution in [0.3, 0.4) is 0 Å². The number of hydrogen-bond acceptors (Lipinski definition) is 3. The first-order valence-electron chi connectivity index (χ1n) is 6.26. The molecule has 0 aromatic heterocycles. The van der Waals surface area contributed by atoms with E-state index >= 15 is 0 Å². The van der Waals surface area contributed by atoms with Crippen molar-refractivity contribution < 1.29 is 4.79 Å². The van der Waals surface area contributed by atoms with Crippen molar-refractivity contribution in [3.63, 3.8) is 0 Å². The van der Waals surface area contributed by atoms with Gasteiger partial charge >= 0.3 is 0 Å². The van der Waals surface area contributed by atoms with E-state index in [0.29, 0.717) is 6.42 Å². The highest BCUT2D eigenvalue weighted by atomic mass is 16.1. The molecule has 0 atom stereocenters. The van der Waals surface area contributed by atoms with Crippen molar-refractivity contribution in [2.24, 2.45) is 0 Å². The molecule has 96 valence electrons. The fraction of sp³-hybridized carbons (Fsp3) is 0.400. The number of nitrogens with zero attached hydrogens (tertiary/aromatic N) is 2. The molecule has 0 N–H and O–H groups in total. The number of carbonyl (C=O) groups excluding carboxylic acids is 1. The van der Waals surface area contributed by atoms with Crippen molar-refractivity contribution in [2.75, 3.05) is 39.1 Å². The van der Waals surface area contributed by atoms with E-state index in [4.69, 9.17) is 0 Å². The average Bonchev–Trinajstić information content (AvgIpc) is 2.34. The van der Waals surface area contributed by atoms with Crippen molar-refractivity contribution in [1.29, 1.82) is 0 Å². The normalized spacial score (nSPS) is 19.3. The zero-order chi connectivity index (χ0) is 13.1. The molecule has 3 heteroatoms. The van der Waals surface area contributed by atoms with Gasteiger partial charge in [0, 0.05) is 44.9 Å². The van der Waals surface area contributed by atoms with Gasteiger partial charge in [-0.15, -0.1) is 0 Å². The summed E-state index contributed by atoms with van der Waals surface area (Å²) in [5.41, 5.74) is 3.19. The summed E-state index contributed by atoms with van der Waals surface area (Å²) in [6.45, 7) is 1.63. The van der Waals surface area contributed by atoms with Crippen LogP contribution in [-0.4, -0.2) is 44.9 Å². The summed E-state index contributed by atoms with van der Waals surface area (Å²) in [4.78, 5) is 16.1. The van der Waals surface area contributed by atoms with Gasteiger partial charge in [0.25, 0.3) is 0 Å². The molecule has 0 aliphatic carbocycles. The van der Waals surface area contributed by atoms with Crippen molar-refractivity contribution in [1.82, 2.24) is 4.90 Å². The predicted molar refractivity (Wildman–Crippen MR) is 75.9 cm³/mol. The molecule has 18 heavy (non-hydrogen) atoms. The van der Waals surface area contributed by atoms with Crippen molar-refractivity contribution in [3.8, 4) is 0 Å². The van der Waals surface area contributed by atoms with Crippen LogP contribution in [0.25, 0.3) is 6.08 Å². The highest BCUT2D eigenvalue weighted by Crippen LogP contribution is 2.17. The molecule has 0 amide bonds. The average molecular weight is 244 g/mol. The largest absolute Gasteiger partial charge is 0.378 e. The van der Waals surface area contributed by atoms with Gasteiger partial charge in [0.15, 0.2) is 5.78 Å². The molecule has 1 saturated heterocycles. The maximum atomic E-state index is 11.8. The van der Waals surface area contributed by atoms with Gasteiger partial charge in [-0.3, -0.25) is 4.79 Å². The molecule has 2 rings (SSSR count). The summed E-state index contributed by atoms with van der Waals surface area (Å²) >= 11 is 0. The molecule has 1 fully saturated rings. The van der Waals surface area contributed by atoms with Crippen LogP contribution in [0.1, 0.15) is 12.0 Å². The Morgan fingerprint density at radius 3 is 2.50 bits per heavy atom. The molecule has 0 unspecified atom stereocenters. The van der Waals surface area contributed by atoms with Gasteiger partial charge in [-0.1, -0.05) is 12.1 Å². The number of likely N-dealkylation sites (tertiary alicyclic amines) is 1. The lowest BCUT2D eigenvalue weighted by Gasteiger charge is -2.23. The third-order valence-electron chi connectivity index (χ3n) is 3.27. The molecule has 0 bridgehead atoms. The van der Waals surface area contributed by atoms with Gasteiger partial charge < -0.3 is 9.80 Å². The summed E-state index contributed by atoms with van der Waals surface area (Å²) < 4.78 is 0. The minimum absolute atomic E-state index is 0.282. The Morgan fingerprint density at radius 1 is 1.22 bits per heavy atom. The Kier molecular flexibility index (Phi) is 3.82. The van der Waals surface area contributed by atoms with Crippen LogP contribution in [0.2, 0.25) is 0 Å². The molecular formula is C15H20N2O. The van der Waals surface area contributed by atoms with E-state index in [1.165, 1.54) is 5.69 Å². The number of benzene rings is 1. The summed E-state index contributed by atoms with van der Waals surface area (Å²) in [5, 5.41) is 0. The standard InChI is InChI=1S/C15H20N2O/c1-16(2)14-6-4-12(5-7-14)10-13-11-17(3)9-8-15(13)18/h4-7,10H,8-9,11H2,1-3H3/b13-10+. The monoisotopic (exact) mass is 244 g/mol. The van der Waals surface area contributed by atoms with Crippen LogP contribution >= 0.6 is 0 Å². The van der Waals surface area contributed by atoms with Crippen molar-refractivity contribution in [2.45, 2.75) is 6.42 Å². The van der Waals surface area contributed by atoms with Crippen LogP contribution in [0, 0.1) is 0 Å². The highest BCUT2D eigenvalue weighted by molar-refractivity contribution is 6.00. The molecule has 3 nitrogen and oxygen atoms in total. The van der Waals surface area contributed by atoms with Gasteiger partial charge in [-0.2, -0.15) is 0 Å². The number of likely N-dealkylation sites (N-methyl/N-ethyl adjacent to an activating group) is 1. The summed E-state index contributed by atoms with van der Waals surface area (Å²) in [5.74, 6) is 0.282. The first kappa shape index (κ1) is 12.8. The fourth-order valence-corrected chi connectivity index (χ4v) is 2.11. The Balaban J connectivity index is 2.18. The minimum atomic E-state index is 0.282. The Labute approximate surface area is 109 Å². The quantitative estimate of drug-likeness (QED) is 0.744. The Hall–Kier alpha value is -1.61. The third kappa shape index (κ3) is 2.99. The first-order valence-corrected chi connectivity index (χ1v) is 6.26. The summed E-state index contributed by atoms with van der Waals surface area (Å²) in [7, 11) is 6.09. The Bertz CT molecular complexity index is 460. The van der Waals surface area contributed by atoms with Gasteiger partial charge in [0.05, 0.1) is 0 Å². The smallest absolute Gasteiger partial charge is 0.161 e. The second-order valence-corrected chi connectivity index (χ2v) is 5.07. The number of Topliss-reactive ketones (excluding diaryl/α,β-unsaturated/α-hetero) is 1. The van der Waals surface area contributed by atoms with Crippen LogP contribution < -0.4 is 4.90 Å². The number of piperidine rings is 1. The minimum Gasteiger partial charge on any atom is -0.378 e. The molecule has 1 aliphatic heterocycles. The molecular weight excluding hydrogens is 224 g/mol. The summed E-state index contributed by atoms with van der Waals surface area (Å²) in [6.07, 6.45) is 2.65. The third-order valence-corrected chi connectivity index (χ3v) is 3.27. The van der Waals surface area contributed by atoms with Gasteiger partial charge in [-0.25, -0.2) is 0 Å². The number of hydrogen-bond donors (Lipinski definition) is 0. The molecule has 0 saturated carbocycles. The first-order chi connectivity index (χ1) is 8.56. The van der Waals surface area contributed by atoms with Crippen molar-refractivity contribution >= 4 is 17.5 Å². The van der Waals surface area contributed by atoms with E-state index in [-0.39, 0.29) is 5.78 Å². The van der Waals surface area contributed by atoms with Crippen molar-refractivity contribution in [3.05, 3.63) is 35.4 Å². The zero-order valence-electron chi connectivity index (χ0n) is 11.3. The van der Waals surface area contributed by atoms with Gasteiger partial charge in [-0.05, 0) is 30.8 Å². The lowest BCUT2D eigenvalue weighted by molar-refractivity contribution is -0.117. The second kappa shape index (κ2) is 5.36. The summed E-state index contributed by atoms with van der Waals surface area (Å²) in [6, 6.07) is 8.27. The van der Waals surface area contributed by atoms with E-state index < -0.39 is 0 Å². The van der Waals surface area contributed by atoms with E-state index in [2.05, 4.69) is 41.1 Å². The fourth-order valence-electron chi connectivity index (χ4n) is 2.11. The molecule has 1 aromatic carbocycles. The van der Waals surface area contributed by atoms with Gasteiger partial charge in [0.1, 0.15) is 0 Å². The Morgan fingerprint density at radius 2 is 1.89 bits per heavy atom. The highest BCUT2D eigenvalue weighted by Gasteiger charge is 2.18. The molecule has 1 heterocycles. The number of ketones is 1. The zero-order valence-corrected chi connectivity index (χ0v) is 11.3. The topological polar surface area (TPSA) is 23.6 Å². The molecule has 1 aliphatic rings. The lowest BCUT2D eigenvalue weighted by atomic mass is 10.0. The van der Waals surface area contributed by atoms with E-state index in [9.17, 15) is 4.79 Å². The second-order valence-electron chi connectivity index (χ2n) is 5.07. The molecule has 1 aromatic rings. The molecule has 0 radical (unpaired) electrons.